The van der Waals surface area contributed by atoms with E-state index in [0.717, 1.165) is 11.3 Å². The predicted octanol–water partition coefficient (Wildman–Crippen LogP) is 2.65. The lowest BCUT2D eigenvalue weighted by atomic mass is 9.92. The third kappa shape index (κ3) is 4.70. The SMILES string of the molecule is CCCOc1ccc(/C=C2/C(=O)N([C@@H]3CCS(=O)(=O)C3)C(=O)C(C#N)=C2C)cc1OCC. The summed E-state index contributed by atoms with van der Waals surface area (Å²) in [6, 6.07) is 6.34. The molecule has 3 rings (SSSR count). The third-order valence-electron chi connectivity index (χ3n) is 5.39. The first-order chi connectivity index (χ1) is 15.2. The number of rotatable bonds is 7. The molecular formula is C23H26N2O6S. The van der Waals surface area contributed by atoms with E-state index in [-0.39, 0.29) is 34.6 Å². The second-order valence-corrected chi connectivity index (χ2v) is 9.92. The smallest absolute Gasteiger partial charge is 0.271 e. The number of sulfone groups is 1. The molecule has 170 valence electrons. The van der Waals surface area contributed by atoms with Gasteiger partial charge in [0.1, 0.15) is 11.6 Å². The van der Waals surface area contributed by atoms with Gasteiger partial charge in [0, 0.05) is 5.57 Å². The highest BCUT2D eigenvalue weighted by atomic mass is 32.2. The van der Waals surface area contributed by atoms with Crippen LogP contribution in [0.4, 0.5) is 0 Å². The Morgan fingerprint density at radius 1 is 1.19 bits per heavy atom. The van der Waals surface area contributed by atoms with Crippen LogP contribution in [0.15, 0.2) is 34.9 Å². The van der Waals surface area contributed by atoms with Gasteiger partial charge < -0.3 is 9.47 Å². The van der Waals surface area contributed by atoms with Crippen molar-refractivity contribution in [3.8, 4) is 17.6 Å². The molecule has 32 heavy (non-hydrogen) atoms. The van der Waals surface area contributed by atoms with Crippen LogP contribution in [0.3, 0.4) is 0 Å². The Labute approximate surface area is 188 Å². The number of ether oxygens (including phenoxy) is 2. The van der Waals surface area contributed by atoms with Crippen LogP contribution < -0.4 is 9.47 Å². The second-order valence-electron chi connectivity index (χ2n) is 7.69. The maximum absolute atomic E-state index is 13.3. The maximum atomic E-state index is 13.3. The monoisotopic (exact) mass is 458 g/mol. The molecule has 2 aliphatic heterocycles. The summed E-state index contributed by atoms with van der Waals surface area (Å²) < 4.78 is 35.2. The highest BCUT2D eigenvalue weighted by molar-refractivity contribution is 7.91. The standard InChI is InChI=1S/C23H26N2O6S/c1-4-9-31-20-7-6-16(12-21(20)30-5-2)11-18-15(3)19(13-24)23(27)25(22(18)26)17-8-10-32(28,29)14-17/h6-7,11-12,17H,4-5,8-10,14H2,1-3H3/b18-11+/t17-/m1/s1. The lowest BCUT2D eigenvalue weighted by Crippen LogP contribution is -2.49. The zero-order valence-corrected chi connectivity index (χ0v) is 19.2. The number of carbonyl (C=O) groups excluding carboxylic acids is 2. The molecule has 0 unspecified atom stereocenters. The Balaban J connectivity index is 2.04. The van der Waals surface area contributed by atoms with E-state index in [4.69, 9.17) is 9.47 Å². The number of nitriles is 1. The fourth-order valence-corrected chi connectivity index (χ4v) is 5.49. The molecule has 0 spiro atoms. The molecular weight excluding hydrogens is 432 g/mol. The Bertz CT molecular complexity index is 1140. The van der Waals surface area contributed by atoms with Crippen molar-refractivity contribution in [2.24, 2.45) is 0 Å². The van der Waals surface area contributed by atoms with Crippen LogP contribution in [-0.2, 0) is 19.4 Å². The van der Waals surface area contributed by atoms with Crippen molar-refractivity contribution in [3.05, 3.63) is 40.5 Å². The molecule has 8 nitrogen and oxygen atoms in total. The van der Waals surface area contributed by atoms with Gasteiger partial charge in [-0.1, -0.05) is 13.0 Å². The van der Waals surface area contributed by atoms with Gasteiger partial charge in [-0.25, -0.2) is 8.42 Å². The summed E-state index contributed by atoms with van der Waals surface area (Å²) in [6.07, 6.45) is 2.60. The number of hydrogen-bond acceptors (Lipinski definition) is 7. The van der Waals surface area contributed by atoms with Crippen LogP contribution in [0.5, 0.6) is 11.5 Å². The molecule has 0 aliphatic carbocycles. The van der Waals surface area contributed by atoms with Gasteiger partial charge in [0.15, 0.2) is 21.3 Å². The van der Waals surface area contributed by atoms with Gasteiger partial charge in [-0.2, -0.15) is 5.26 Å². The summed E-state index contributed by atoms with van der Waals surface area (Å²) in [4.78, 5) is 27.0. The van der Waals surface area contributed by atoms with Crippen molar-refractivity contribution in [1.29, 1.82) is 5.26 Å². The number of nitrogens with zero attached hydrogens (tertiary/aromatic N) is 2. The molecule has 9 heteroatoms. The molecule has 2 aliphatic rings. The zero-order chi connectivity index (χ0) is 23.5. The molecule has 1 saturated heterocycles. The quantitative estimate of drug-likeness (QED) is 0.456. The van der Waals surface area contributed by atoms with Crippen molar-refractivity contribution in [2.75, 3.05) is 24.7 Å². The minimum atomic E-state index is -3.33. The summed E-state index contributed by atoms with van der Waals surface area (Å²) in [5.41, 5.74) is 0.915. The van der Waals surface area contributed by atoms with E-state index in [2.05, 4.69) is 0 Å². The largest absolute Gasteiger partial charge is 0.490 e. The van der Waals surface area contributed by atoms with Crippen LogP contribution in [0, 0.1) is 11.3 Å². The van der Waals surface area contributed by atoms with Crippen LogP contribution in [0.2, 0.25) is 0 Å². The molecule has 0 aromatic heterocycles. The summed E-state index contributed by atoms with van der Waals surface area (Å²) in [7, 11) is -3.33. The second kappa shape index (κ2) is 9.57. The Hall–Kier alpha value is -3.12. The van der Waals surface area contributed by atoms with Crippen molar-refractivity contribution in [1.82, 2.24) is 4.90 Å². The molecule has 0 saturated carbocycles. The fraction of sp³-hybridized carbons (Fsp3) is 0.435. The Morgan fingerprint density at radius 2 is 1.94 bits per heavy atom. The van der Waals surface area contributed by atoms with Gasteiger partial charge in [-0.05, 0) is 56.0 Å². The number of hydrogen-bond donors (Lipinski definition) is 0. The number of imide groups is 1. The summed E-state index contributed by atoms with van der Waals surface area (Å²) in [5.74, 6) is -0.604. The summed E-state index contributed by atoms with van der Waals surface area (Å²) in [5, 5.41) is 9.55. The Kier molecular flexibility index (Phi) is 7.04. The van der Waals surface area contributed by atoms with Gasteiger partial charge in [-0.3, -0.25) is 14.5 Å². The predicted molar refractivity (Wildman–Crippen MR) is 119 cm³/mol. The Morgan fingerprint density at radius 3 is 2.53 bits per heavy atom. The van der Waals surface area contributed by atoms with E-state index in [1.807, 2.05) is 19.9 Å². The van der Waals surface area contributed by atoms with E-state index in [1.54, 1.807) is 31.2 Å². The van der Waals surface area contributed by atoms with Gasteiger partial charge >= 0.3 is 0 Å². The molecule has 1 fully saturated rings. The highest BCUT2D eigenvalue weighted by Gasteiger charge is 2.43. The van der Waals surface area contributed by atoms with Crippen molar-refractivity contribution >= 4 is 27.7 Å². The first kappa shape index (κ1) is 23.5. The van der Waals surface area contributed by atoms with Crippen molar-refractivity contribution in [3.63, 3.8) is 0 Å². The highest BCUT2D eigenvalue weighted by Crippen LogP contribution is 2.33. The third-order valence-corrected chi connectivity index (χ3v) is 7.14. The van der Waals surface area contributed by atoms with Gasteiger partial charge in [0.25, 0.3) is 11.8 Å². The van der Waals surface area contributed by atoms with Gasteiger partial charge in [0.2, 0.25) is 0 Å². The summed E-state index contributed by atoms with van der Waals surface area (Å²) in [6.45, 7) is 6.36. The van der Waals surface area contributed by atoms with E-state index in [0.29, 0.717) is 30.3 Å². The van der Waals surface area contributed by atoms with Crippen molar-refractivity contribution in [2.45, 2.75) is 39.7 Å². The minimum Gasteiger partial charge on any atom is -0.490 e. The van der Waals surface area contributed by atoms with Crippen molar-refractivity contribution < 1.29 is 27.5 Å². The van der Waals surface area contributed by atoms with E-state index in [9.17, 15) is 23.3 Å². The lowest BCUT2D eigenvalue weighted by molar-refractivity contribution is -0.142. The van der Waals surface area contributed by atoms with E-state index >= 15 is 0 Å². The van der Waals surface area contributed by atoms with Crippen LogP contribution >= 0.6 is 0 Å². The normalized spacial score (nSPS) is 21.8. The molecule has 0 N–H and O–H groups in total. The number of amides is 2. The average molecular weight is 459 g/mol. The number of benzene rings is 1. The topological polar surface area (TPSA) is 114 Å². The lowest BCUT2D eigenvalue weighted by Gasteiger charge is -2.31. The first-order valence-corrected chi connectivity index (χ1v) is 12.4. The van der Waals surface area contributed by atoms with Gasteiger partial charge in [0.05, 0.1) is 30.8 Å². The molecule has 2 amide bonds. The molecule has 1 aromatic carbocycles. The molecule has 0 bridgehead atoms. The molecule has 1 atom stereocenters. The fourth-order valence-electron chi connectivity index (χ4n) is 3.79. The van der Waals surface area contributed by atoms with E-state index in [1.165, 1.54) is 0 Å². The van der Waals surface area contributed by atoms with Crippen LogP contribution in [-0.4, -0.2) is 55.9 Å². The molecule has 1 aromatic rings. The van der Waals surface area contributed by atoms with E-state index < -0.39 is 27.7 Å². The number of carbonyl (C=O) groups is 2. The zero-order valence-electron chi connectivity index (χ0n) is 18.4. The first-order valence-electron chi connectivity index (χ1n) is 10.5. The molecule has 0 radical (unpaired) electrons. The maximum Gasteiger partial charge on any atom is 0.271 e. The van der Waals surface area contributed by atoms with Crippen LogP contribution in [0.1, 0.15) is 39.2 Å². The average Bonchev–Trinajstić information content (AvgIpc) is 3.10. The van der Waals surface area contributed by atoms with Gasteiger partial charge in [-0.15, -0.1) is 0 Å². The molecule has 2 heterocycles. The minimum absolute atomic E-state index is 0.0880. The summed E-state index contributed by atoms with van der Waals surface area (Å²) >= 11 is 0. The van der Waals surface area contributed by atoms with Crippen LogP contribution in [0.25, 0.3) is 6.08 Å².